The van der Waals surface area contributed by atoms with E-state index >= 15 is 0 Å². The molecule has 0 unspecified atom stereocenters. The van der Waals surface area contributed by atoms with Gasteiger partial charge in [0.2, 0.25) is 0 Å². The van der Waals surface area contributed by atoms with Gasteiger partial charge in [-0.25, -0.2) is 9.59 Å². The molecule has 5 heteroatoms. The first-order chi connectivity index (χ1) is 8.04. The first kappa shape index (κ1) is 13.0. The van der Waals surface area contributed by atoms with Crippen molar-refractivity contribution < 1.29 is 14.7 Å². The minimum atomic E-state index is -0.977. The van der Waals surface area contributed by atoms with E-state index in [4.69, 9.17) is 5.11 Å². The summed E-state index contributed by atoms with van der Waals surface area (Å²) in [6, 6.07) is 4.30. The molecule has 1 aromatic carbocycles. The molecular weight excluding hydrogens is 220 g/mol. The average molecular weight is 236 g/mol. The number of carboxylic acids is 1. The number of aryl methyl sites for hydroxylation is 1. The van der Waals surface area contributed by atoms with Crippen LogP contribution in [0.3, 0.4) is 0 Å². The molecule has 2 amide bonds. The summed E-state index contributed by atoms with van der Waals surface area (Å²) in [6.07, 6.45) is 0.865. The van der Waals surface area contributed by atoms with Crippen LogP contribution >= 0.6 is 0 Å². The summed E-state index contributed by atoms with van der Waals surface area (Å²) in [7, 11) is 0. The van der Waals surface area contributed by atoms with E-state index in [1.165, 1.54) is 12.1 Å². The monoisotopic (exact) mass is 236 g/mol. The van der Waals surface area contributed by atoms with Crippen molar-refractivity contribution in [1.82, 2.24) is 5.32 Å². The van der Waals surface area contributed by atoms with Crippen LogP contribution in [0.15, 0.2) is 18.2 Å². The second-order valence-corrected chi connectivity index (χ2v) is 3.72. The zero-order valence-electron chi connectivity index (χ0n) is 9.91. The number of aromatic carboxylic acids is 1. The molecule has 3 N–H and O–H groups in total. The highest BCUT2D eigenvalue weighted by Gasteiger charge is 2.07. The number of benzene rings is 1. The second kappa shape index (κ2) is 5.89. The number of hydrogen-bond acceptors (Lipinski definition) is 2. The Bertz CT molecular complexity index is 430. The van der Waals surface area contributed by atoms with Gasteiger partial charge >= 0.3 is 12.0 Å². The van der Waals surface area contributed by atoms with Crippen LogP contribution in [0, 0.1) is 6.92 Å². The maximum atomic E-state index is 11.4. The van der Waals surface area contributed by atoms with Gasteiger partial charge in [-0.05, 0) is 37.1 Å². The lowest BCUT2D eigenvalue weighted by molar-refractivity contribution is 0.0697. The summed E-state index contributed by atoms with van der Waals surface area (Å²) in [5.74, 6) is -0.977. The molecule has 0 spiro atoms. The van der Waals surface area contributed by atoms with Crippen LogP contribution in [0.4, 0.5) is 10.5 Å². The van der Waals surface area contributed by atoms with Crippen molar-refractivity contribution >= 4 is 17.7 Å². The van der Waals surface area contributed by atoms with Crippen LogP contribution in [0.1, 0.15) is 29.3 Å². The molecule has 1 aromatic rings. The van der Waals surface area contributed by atoms with Gasteiger partial charge in [0.25, 0.3) is 0 Å². The minimum Gasteiger partial charge on any atom is -0.478 e. The maximum absolute atomic E-state index is 11.4. The summed E-state index contributed by atoms with van der Waals surface area (Å²) in [5.41, 5.74) is 1.54. The number of carboxylic acid groups (broad SMARTS) is 1. The van der Waals surface area contributed by atoms with Crippen molar-refractivity contribution in [1.29, 1.82) is 0 Å². The van der Waals surface area contributed by atoms with Gasteiger partial charge in [-0.3, -0.25) is 0 Å². The third-order valence-corrected chi connectivity index (χ3v) is 2.26. The van der Waals surface area contributed by atoms with E-state index < -0.39 is 5.97 Å². The summed E-state index contributed by atoms with van der Waals surface area (Å²) >= 11 is 0. The molecule has 0 saturated carbocycles. The average Bonchev–Trinajstić information content (AvgIpc) is 2.28. The molecule has 0 aliphatic rings. The van der Waals surface area contributed by atoms with Crippen molar-refractivity contribution in [3.05, 3.63) is 29.3 Å². The Hall–Kier alpha value is -2.04. The lowest BCUT2D eigenvalue weighted by Gasteiger charge is -2.09. The first-order valence-corrected chi connectivity index (χ1v) is 5.43. The van der Waals surface area contributed by atoms with Gasteiger partial charge in [0, 0.05) is 12.2 Å². The Labute approximate surface area is 99.8 Å². The molecule has 0 aliphatic carbocycles. The number of carbonyl (C=O) groups is 2. The van der Waals surface area contributed by atoms with Crippen molar-refractivity contribution in [2.75, 3.05) is 11.9 Å². The largest absolute Gasteiger partial charge is 0.478 e. The number of hydrogen-bond donors (Lipinski definition) is 3. The van der Waals surface area contributed by atoms with E-state index in [0.29, 0.717) is 12.2 Å². The molecule has 17 heavy (non-hydrogen) atoms. The normalized spacial score (nSPS) is 9.76. The molecule has 0 aliphatic heterocycles. The predicted molar refractivity (Wildman–Crippen MR) is 65.5 cm³/mol. The van der Waals surface area contributed by atoms with Gasteiger partial charge in [-0.15, -0.1) is 0 Å². The van der Waals surface area contributed by atoms with Crippen molar-refractivity contribution in [3.8, 4) is 0 Å². The zero-order chi connectivity index (χ0) is 12.8. The highest BCUT2D eigenvalue weighted by Crippen LogP contribution is 2.16. The Morgan fingerprint density at radius 2 is 2.06 bits per heavy atom. The number of carbonyl (C=O) groups excluding carboxylic acids is 1. The molecule has 0 aromatic heterocycles. The number of nitrogens with one attached hydrogen (secondary N) is 2. The Morgan fingerprint density at radius 1 is 1.35 bits per heavy atom. The molecule has 0 bridgehead atoms. The van der Waals surface area contributed by atoms with Crippen molar-refractivity contribution in [3.63, 3.8) is 0 Å². The smallest absolute Gasteiger partial charge is 0.335 e. The Balaban J connectivity index is 2.72. The summed E-state index contributed by atoms with van der Waals surface area (Å²) in [5, 5.41) is 14.1. The van der Waals surface area contributed by atoms with Crippen LogP contribution in [0.5, 0.6) is 0 Å². The van der Waals surface area contributed by atoms with Gasteiger partial charge in [-0.1, -0.05) is 6.92 Å². The van der Waals surface area contributed by atoms with Crippen LogP contribution in [-0.4, -0.2) is 23.7 Å². The molecule has 0 atom stereocenters. The van der Waals surface area contributed by atoms with E-state index in [1.807, 2.05) is 6.92 Å². The van der Waals surface area contributed by atoms with Crippen LogP contribution in [-0.2, 0) is 0 Å². The van der Waals surface area contributed by atoms with Crippen LogP contribution in [0.2, 0.25) is 0 Å². The fourth-order valence-corrected chi connectivity index (χ4v) is 1.34. The summed E-state index contributed by atoms with van der Waals surface area (Å²) in [4.78, 5) is 22.1. The van der Waals surface area contributed by atoms with Gasteiger partial charge in [0.15, 0.2) is 0 Å². The lowest BCUT2D eigenvalue weighted by Crippen LogP contribution is -2.29. The zero-order valence-corrected chi connectivity index (χ0v) is 9.91. The van der Waals surface area contributed by atoms with Gasteiger partial charge < -0.3 is 15.7 Å². The third kappa shape index (κ3) is 3.79. The fourth-order valence-electron chi connectivity index (χ4n) is 1.34. The Morgan fingerprint density at radius 3 is 2.59 bits per heavy atom. The number of urea groups is 1. The van der Waals surface area contributed by atoms with Crippen molar-refractivity contribution in [2.24, 2.45) is 0 Å². The first-order valence-electron chi connectivity index (χ1n) is 5.43. The molecule has 0 saturated heterocycles. The Kier molecular flexibility index (Phi) is 4.51. The standard InChI is InChI=1S/C12H16N2O3/c1-3-6-13-12(17)14-10-5-4-9(11(15)16)7-8(10)2/h4-5,7H,3,6H2,1-2H3,(H,15,16)(H2,13,14,17). The van der Waals surface area contributed by atoms with Crippen LogP contribution < -0.4 is 10.6 Å². The van der Waals surface area contributed by atoms with Gasteiger partial charge in [-0.2, -0.15) is 0 Å². The minimum absolute atomic E-state index is 0.210. The molecule has 5 nitrogen and oxygen atoms in total. The molecule has 0 radical (unpaired) electrons. The lowest BCUT2D eigenvalue weighted by atomic mass is 10.1. The van der Waals surface area contributed by atoms with E-state index in [0.717, 1.165) is 12.0 Å². The number of anilines is 1. The fraction of sp³-hybridized carbons (Fsp3) is 0.333. The summed E-state index contributed by atoms with van der Waals surface area (Å²) in [6.45, 7) is 4.33. The number of rotatable bonds is 4. The quantitative estimate of drug-likeness (QED) is 0.750. The molecule has 92 valence electrons. The SMILES string of the molecule is CCCNC(=O)Nc1ccc(C(=O)O)cc1C. The van der Waals surface area contributed by atoms with Gasteiger partial charge in [0.05, 0.1) is 5.56 Å². The van der Waals surface area contributed by atoms with Gasteiger partial charge in [0.1, 0.15) is 0 Å². The molecular formula is C12H16N2O3. The van der Waals surface area contributed by atoms with E-state index in [2.05, 4.69) is 10.6 Å². The second-order valence-electron chi connectivity index (χ2n) is 3.72. The highest BCUT2D eigenvalue weighted by atomic mass is 16.4. The highest BCUT2D eigenvalue weighted by molar-refractivity contribution is 5.92. The van der Waals surface area contributed by atoms with Crippen LogP contribution in [0.25, 0.3) is 0 Å². The van der Waals surface area contributed by atoms with E-state index in [1.54, 1.807) is 13.0 Å². The molecule has 1 rings (SSSR count). The van der Waals surface area contributed by atoms with E-state index in [-0.39, 0.29) is 11.6 Å². The topological polar surface area (TPSA) is 78.4 Å². The van der Waals surface area contributed by atoms with E-state index in [9.17, 15) is 9.59 Å². The third-order valence-electron chi connectivity index (χ3n) is 2.26. The number of amides is 2. The van der Waals surface area contributed by atoms with Crippen molar-refractivity contribution in [2.45, 2.75) is 20.3 Å². The molecule has 0 heterocycles. The predicted octanol–water partition coefficient (Wildman–Crippen LogP) is 2.22. The maximum Gasteiger partial charge on any atom is 0.335 e. The summed E-state index contributed by atoms with van der Waals surface area (Å²) < 4.78 is 0. The molecule has 0 fully saturated rings.